The van der Waals surface area contributed by atoms with E-state index in [1.165, 1.54) is 102 Å². The molecule has 0 unspecified atom stereocenters. The Morgan fingerprint density at radius 2 is 1.37 bits per heavy atom. The van der Waals surface area contributed by atoms with Gasteiger partial charge in [0.25, 0.3) is 0 Å². The number of hydrogen-bond acceptors (Lipinski definition) is 0. The molecule has 1 aromatic carbocycles. The molecule has 0 N–H and O–H groups in total. The molecule has 3 rings (SSSR count). The normalized spacial score (nSPS) is 27.5. The second-order valence-corrected chi connectivity index (χ2v) is 10.3. The molecule has 0 bridgehead atoms. The van der Waals surface area contributed by atoms with E-state index < -0.39 is 0 Å². The van der Waals surface area contributed by atoms with Crippen molar-refractivity contribution in [1.29, 1.82) is 0 Å². The van der Waals surface area contributed by atoms with Crippen LogP contribution in [-0.4, -0.2) is 0 Å². The van der Waals surface area contributed by atoms with Gasteiger partial charge in [-0.2, -0.15) is 0 Å². The number of hydrogen-bond donors (Lipinski definition) is 0. The van der Waals surface area contributed by atoms with E-state index in [1.807, 2.05) is 0 Å². The summed E-state index contributed by atoms with van der Waals surface area (Å²) < 4.78 is 12.2. The minimum Gasteiger partial charge on any atom is -0.216 e. The topological polar surface area (TPSA) is 0 Å². The average molecular weight is 413 g/mol. The van der Waals surface area contributed by atoms with E-state index in [9.17, 15) is 4.39 Å². The molecule has 0 spiro atoms. The van der Waals surface area contributed by atoms with E-state index in [1.54, 1.807) is 11.6 Å². The predicted molar refractivity (Wildman–Crippen MR) is 129 cm³/mol. The monoisotopic (exact) mass is 412 g/mol. The van der Waals surface area contributed by atoms with Crippen LogP contribution in [0.25, 0.3) is 0 Å². The maximum Gasteiger partial charge on any atom is 0.0827 e. The van der Waals surface area contributed by atoms with Crippen LogP contribution in [0, 0.1) is 17.8 Å². The van der Waals surface area contributed by atoms with Crippen molar-refractivity contribution in [2.45, 2.75) is 116 Å². The largest absolute Gasteiger partial charge is 0.216 e. The zero-order chi connectivity index (χ0) is 21.0. The van der Waals surface area contributed by atoms with Crippen molar-refractivity contribution in [3.8, 4) is 0 Å². The van der Waals surface area contributed by atoms with E-state index in [0.29, 0.717) is 0 Å². The Bertz CT molecular complexity index is 585. The number of halogens is 1. The Hall–Kier alpha value is -1.11. The molecule has 0 amide bonds. The molecule has 2 saturated carbocycles. The van der Waals surface area contributed by atoms with Crippen LogP contribution in [0.3, 0.4) is 0 Å². The third kappa shape index (κ3) is 7.86. The number of aryl methyl sites for hydroxylation is 1. The van der Waals surface area contributed by atoms with Crippen LogP contribution in [0.1, 0.15) is 120 Å². The van der Waals surface area contributed by atoms with Gasteiger partial charge in [0.1, 0.15) is 0 Å². The molecule has 1 aromatic rings. The van der Waals surface area contributed by atoms with E-state index in [2.05, 4.69) is 31.2 Å². The average Bonchev–Trinajstić information content (AvgIpc) is 2.81. The van der Waals surface area contributed by atoms with Crippen molar-refractivity contribution in [3.05, 3.63) is 47.8 Å². The third-order valence-electron chi connectivity index (χ3n) is 8.12. The van der Waals surface area contributed by atoms with Crippen molar-refractivity contribution < 1.29 is 4.39 Å². The van der Waals surface area contributed by atoms with Crippen LogP contribution in [0.2, 0.25) is 0 Å². The lowest BCUT2D eigenvalue weighted by molar-refractivity contribution is 0.231. The highest BCUT2D eigenvalue weighted by atomic mass is 19.1. The second-order valence-electron chi connectivity index (χ2n) is 10.3. The lowest BCUT2D eigenvalue weighted by atomic mass is 9.74. The summed E-state index contributed by atoms with van der Waals surface area (Å²) in [6.07, 6.45) is 24.0. The van der Waals surface area contributed by atoms with Crippen LogP contribution < -0.4 is 0 Å². The lowest BCUT2D eigenvalue weighted by Crippen LogP contribution is -2.17. The highest BCUT2D eigenvalue weighted by Gasteiger charge is 2.25. The van der Waals surface area contributed by atoms with Crippen LogP contribution in [-0.2, 0) is 6.42 Å². The molecule has 0 atom stereocenters. The zero-order valence-corrected chi connectivity index (χ0v) is 19.5. The van der Waals surface area contributed by atoms with Gasteiger partial charge in [-0.15, -0.1) is 0 Å². The predicted octanol–water partition coefficient (Wildman–Crippen LogP) is 9.54. The van der Waals surface area contributed by atoms with Gasteiger partial charge < -0.3 is 0 Å². The molecule has 0 aliphatic heterocycles. The minimum atomic E-state index is 0.728. The van der Waals surface area contributed by atoms with Gasteiger partial charge in [-0.25, -0.2) is 4.39 Å². The van der Waals surface area contributed by atoms with Gasteiger partial charge in [-0.05, 0) is 92.6 Å². The lowest BCUT2D eigenvalue weighted by Gasteiger charge is -2.32. The summed E-state index contributed by atoms with van der Waals surface area (Å²) in [5, 5.41) is 0. The quantitative estimate of drug-likeness (QED) is 0.317. The van der Waals surface area contributed by atoms with Crippen molar-refractivity contribution in [3.63, 3.8) is 0 Å². The Balaban J connectivity index is 1.31. The fourth-order valence-electron chi connectivity index (χ4n) is 5.97. The van der Waals surface area contributed by atoms with E-state index in [-0.39, 0.29) is 0 Å². The van der Waals surface area contributed by atoms with Crippen molar-refractivity contribution in [2.24, 2.45) is 17.8 Å². The maximum atomic E-state index is 12.2. The first-order valence-electron chi connectivity index (χ1n) is 13.1. The van der Waals surface area contributed by atoms with Crippen molar-refractivity contribution in [2.75, 3.05) is 0 Å². The summed E-state index contributed by atoms with van der Waals surface area (Å²) in [4.78, 5) is 0. The Morgan fingerprint density at radius 3 is 1.97 bits per heavy atom. The third-order valence-corrected chi connectivity index (χ3v) is 8.12. The highest BCUT2D eigenvalue weighted by molar-refractivity contribution is 5.26. The summed E-state index contributed by atoms with van der Waals surface area (Å²) >= 11 is 0. The second kappa shape index (κ2) is 13.3. The van der Waals surface area contributed by atoms with Gasteiger partial charge in [0.15, 0.2) is 0 Å². The molecule has 2 aliphatic rings. The summed E-state index contributed by atoms with van der Waals surface area (Å²) in [5.41, 5.74) is 3.12. The molecule has 30 heavy (non-hydrogen) atoms. The first kappa shape index (κ1) is 23.6. The fraction of sp³-hybridized carbons (Fsp3) is 0.724. The maximum absolute atomic E-state index is 12.2. The van der Waals surface area contributed by atoms with Crippen LogP contribution in [0.4, 0.5) is 4.39 Å². The standard InChI is InChI=1S/C29H45F/c1-2-3-4-5-7-24-15-19-28(20-16-24)29-21-17-27(18-22-29)14-13-26-11-9-25(10-12-26)8-6-23-30/h6,15-16,19-20,23,25-27,29H,2-5,7-14,17-18,21-22H2,1H3/b23-6+. The molecule has 1 heteroatoms. The van der Waals surface area contributed by atoms with Gasteiger partial charge in [0.2, 0.25) is 0 Å². The molecule has 0 heterocycles. The minimum absolute atomic E-state index is 0.728. The number of allylic oxidation sites excluding steroid dienone is 1. The molecule has 0 radical (unpaired) electrons. The highest BCUT2D eigenvalue weighted by Crippen LogP contribution is 2.40. The number of benzene rings is 1. The molecule has 2 aliphatic carbocycles. The molecule has 2 fully saturated rings. The SMILES string of the molecule is CCCCCCc1ccc(C2CCC(CCC3CCC(C/C=C/F)CC3)CC2)cc1. The molecule has 0 nitrogen and oxygen atoms in total. The van der Waals surface area contributed by atoms with Gasteiger partial charge >= 0.3 is 0 Å². The number of unbranched alkanes of at least 4 members (excludes halogenated alkanes) is 3. The van der Waals surface area contributed by atoms with Gasteiger partial charge in [-0.3, -0.25) is 0 Å². The van der Waals surface area contributed by atoms with Crippen molar-refractivity contribution >= 4 is 0 Å². The first-order chi connectivity index (χ1) is 14.8. The van der Waals surface area contributed by atoms with E-state index in [4.69, 9.17) is 0 Å². The van der Waals surface area contributed by atoms with Crippen LogP contribution >= 0.6 is 0 Å². The molecule has 0 aromatic heterocycles. The molecular formula is C29H45F. The Morgan fingerprint density at radius 1 is 0.767 bits per heavy atom. The smallest absolute Gasteiger partial charge is 0.0827 e. The molecular weight excluding hydrogens is 367 g/mol. The fourth-order valence-corrected chi connectivity index (χ4v) is 5.97. The summed E-state index contributed by atoms with van der Waals surface area (Å²) in [7, 11) is 0. The first-order valence-corrected chi connectivity index (χ1v) is 13.1. The Labute approximate surface area is 185 Å². The molecule has 168 valence electrons. The van der Waals surface area contributed by atoms with Gasteiger partial charge in [-0.1, -0.05) is 82.2 Å². The van der Waals surface area contributed by atoms with Crippen LogP contribution in [0.5, 0.6) is 0 Å². The Kier molecular flexibility index (Phi) is 10.5. The van der Waals surface area contributed by atoms with Gasteiger partial charge in [0, 0.05) is 0 Å². The summed E-state index contributed by atoms with van der Waals surface area (Å²) in [6.45, 7) is 2.28. The summed E-state index contributed by atoms with van der Waals surface area (Å²) in [5.74, 6) is 3.45. The summed E-state index contributed by atoms with van der Waals surface area (Å²) in [6, 6.07) is 9.65. The number of rotatable bonds is 11. The molecule has 0 saturated heterocycles. The van der Waals surface area contributed by atoms with E-state index in [0.717, 1.165) is 36.4 Å². The van der Waals surface area contributed by atoms with E-state index >= 15 is 0 Å². The zero-order valence-electron chi connectivity index (χ0n) is 19.5. The van der Waals surface area contributed by atoms with Gasteiger partial charge in [0.05, 0.1) is 6.33 Å². The van der Waals surface area contributed by atoms with Crippen molar-refractivity contribution in [1.82, 2.24) is 0 Å². The van der Waals surface area contributed by atoms with Crippen LogP contribution in [0.15, 0.2) is 36.7 Å².